The summed E-state index contributed by atoms with van der Waals surface area (Å²) in [5.74, 6) is 2.89. The monoisotopic (exact) mass is 912 g/mol. The molecule has 0 radical (unpaired) electrons. The SMILES string of the molecule is COC1C(CN2O[C@@H](CO)C(C(C)OC(=O)NC3CCCCC3)[C@H]2C(=O)N[C@H]2C[C@H]3C[C@@H]([C@@H]2C)C3(C)C)CCCC1C1CC(C(=O)N[C@H](CC(C)C)CC2CCCCC2)CC(N(C)C)C1. The van der Waals surface area contributed by atoms with Crippen LogP contribution in [-0.2, 0) is 23.9 Å². The minimum Gasteiger partial charge on any atom is -0.446 e. The van der Waals surface area contributed by atoms with Crippen LogP contribution in [0.1, 0.15) is 170 Å². The van der Waals surface area contributed by atoms with Gasteiger partial charge in [-0.1, -0.05) is 92.4 Å². The van der Waals surface area contributed by atoms with Gasteiger partial charge >= 0.3 is 6.09 Å². The quantitative estimate of drug-likeness (QED) is 0.113. The summed E-state index contributed by atoms with van der Waals surface area (Å²) >= 11 is 0. The molecule has 12 nitrogen and oxygen atoms in total. The first kappa shape index (κ1) is 50.9. The topological polar surface area (TPSA) is 142 Å². The molecule has 3 amide bonds. The van der Waals surface area contributed by atoms with E-state index in [4.69, 9.17) is 14.3 Å². The lowest BCUT2D eigenvalue weighted by molar-refractivity contribution is -0.193. The van der Waals surface area contributed by atoms with Crippen molar-refractivity contribution in [3.05, 3.63) is 0 Å². The second kappa shape index (κ2) is 22.6. The van der Waals surface area contributed by atoms with Crippen LogP contribution in [0.25, 0.3) is 0 Å². The Hall–Kier alpha value is -1.99. The lowest BCUT2D eigenvalue weighted by atomic mass is 9.45. The van der Waals surface area contributed by atoms with Gasteiger partial charge < -0.3 is 35.4 Å². The number of carbonyl (C=O) groups excluding carboxylic acids is 3. The third-order valence-electron chi connectivity index (χ3n) is 18.8. The average Bonchev–Trinajstić information content (AvgIpc) is 3.65. The van der Waals surface area contributed by atoms with Gasteiger partial charge in [0.05, 0.1) is 18.6 Å². The molecule has 1 heterocycles. The maximum atomic E-state index is 14.9. The number of hydrogen-bond donors (Lipinski definition) is 4. The van der Waals surface area contributed by atoms with Gasteiger partial charge in [-0.25, -0.2) is 4.79 Å². The number of ether oxygens (including phenoxy) is 2. The van der Waals surface area contributed by atoms with E-state index in [1.54, 1.807) is 0 Å². The molecule has 15 atom stereocenters. The van der Waals surface area contributed by atoms with Crippen LogP contribution in [0.3, 0.4) is 0 Å². The first-order valence-corrected chi connectivity index (χ1v) is 26.9. The molecule has 8 aliphatic rings. The molecule has 1 aliphatic heterocycles. The number of hydrogen-bond acceptors (Lipinski definition) is 9. The number of methoxy groups -OCH3 is 1. The molecule has 7 aliphatic carbocycles. The number of hydroxylamine groups is 2. The standard InChI is InChI=1S/C53H93N5O7/c1-32(2)23-41(24-35-17-12-10-13-18-35)54-50(60)38-25-37(26-42(27-38)57(7)8)43-22-16-19-36(49(43)63-9)30-58-48(51(61)56-45-29-39-28-44(33(45)3)53(39,5)6)47(46(31-59)65-58)34(4)64-52(62)55-40-20-14-11-15-21-40/h32-49,59H,10-31H2,1-9H3,(H,54,60)(H,55,62)(H,56,61)/t33-,34?,36?,37?,38?,39+,41+,42?,43?,44-,45-,46-,47?,48-,49?/m0/s1. The van der Waals surface area contributed by atoms with Gasteiger partial charge in [0.25, 0.3) is 0 Å². The van der Waals surface area contributed by atoms with Crippen molar-refractivity contribution in [2.24, 2.45) is 64.6 Å². The van der Waals surface area contributed by atoms with Gasteiger partial charge in [0.2, 0.25) is 11.8 Å². The summed E-state index contributed by atoms with van der Waals surface area (Å²) < 4.78 is 12.7. The number of rotatable bonds is 17. The van der Waals surface area contributed by atoms with Crippen LogP contribution in [0.4, 0.5) is 4.79 Å². The molecule has 1 saturated heterocycles. The smallest absolute Gasteiger partial charge is 0.407 e. The van der Waals surface area contributed by atoms with Crippen LogP contribution in [0.2, 0.25) is 0 Å². The Labute approximate surface area is 393 Å². The molecular weight excluding hydrogens is 819 g/mol. The lowest BCUT2D eigenvalue weighted by Gasteiger charge is -2.62. The number of nitrogens with zero attached hydrogens (tertiary/aromatic N) is 2. The van der Waals surface area contributed by atoms with Crippen LogP contribution < -0.4 is 16.0 Å². The average molecular weight is 912 g/mol. The second-order valence-electron chi connectivity index (χ2n) is 24.0. The van der Waals surface area contributed by atoms with E-state index in [2.05, 4.69) is 69.6 Å². The highest BCUT2D eigenvalue weighted by Gasteiger charge is 2.58. The third-order valence-corrected chi connectivity index (χ3v) is 18.8. The molecule has 0 aromatic rings. The third kappa shape index (κ3) is 12.1. The van der Waals surface area contributed by atoms with Gasteiger partial charge in [-0.3, -0.25) is 14.4 Å². The number of amides is 3. The molecular formula is C53H93N5O7. The van der Waals surface area contributed by atoms with E-state index in [1.165, 1.54) is 44.9 Å². The molecule has 2 bridgehead atoms. The van der Waals surface area contributed by atoms with Crippen molar-refractivity contribution in [3.63, 3.8) is 0 Å². The number of aliphatic hydroxyl groups excluding tert-OH is 1. The highest BCUT2D eigenvalue weighted by molar-refractivity contribution is 5.83. The molecule has 8 unspecified atom stereocenters. The van der Waals surface area contributed by atoms with Gasteiger partial charge in [-0.05, 0) is 138 Å². The number of carbonyl (C=O) groups is 3. The minimum absolute atomic E-state index is 0.0447. The molecule has 0 aromatic carbocycles. The highest BCUT2D eigenvalue weighted by atomic mass is 16.7. The predicted octanol–water partition coefficient (Wildman–Crippen LogP) is 8.49. The van der Waals surface area contributed by atoms with E-state index in [9.17, 15) is 19.5 Å². The normalized spacial score (nSPS) is 37.9. The fourth-order valence-electron chi connectivity index (χ4n) is 15.0. The van der Waals surface area contributed by atoms with E-state index in [-0.39, 0.29) is 65.8 Å². The summed E-state index contributed by atoms with van der Waals surface area (Å²) in [6, 6.07) is -0.0724. The zero-order valence-electron chi connectivity index (χ0n) is 42.2. The maximum Gasteiger partial charge on any atom is 0.407 e. The zero-order valence-corrected chi connectivity index (χ0v) is 42.2. The lowest BCUT2D eigenvalue weighted by Crippen LogP contribution is -2.62. The largest absolute Gasteiger partial charge is 0.446 e. The van der Waals surface area contributed by atoms with Crippen molar-refractivity contribution in [3.8, 4) is 0 Å². The van der Waals surface area contributed by atoms with Crippen molar-refractivity contribution >= 4 is 17.9 Å². The Morgan fingerprint density at radius 1 is 0.862 bits per heavy atom. The number of alkyl carbamates (subject to hydrolysis) is 1. The van der Waals surface area contributed by atoms with Crippen molar-refractivity contribution in [1.82, 2.24) is 25.9 Å². The van der Waals surface area contributed by atoms with E-state index >= 15 is 0 Å². The molecule has 7 saturated carbocycles. The highest BCUT2D eigenvalue weighted by Crippen LogP contribution is 2.61. The minimum atomic E-state index is -0.755. The van der Waals surface area contributed by atoms with Crippen molar-refractivity contribution < 1.29 is 33.8 Å². The fraction of sp³-hybridized carbons (Fsp3) is 0.943. The van der Waals surface area contributed by atoms with Gasteiger partial charge in [0.1, 0.15) is 18.2 Å². The summed E-state index contributed by atoms with van der Waals surface area (Å²) in [6.07, 6.45) is 19.9. The molecule has 8 rings (SSSR count). The maximum absolute atomic E-state index is 14.9. The van der Waals surface area contributed by atoms with Gasteiger partial charge in [0.15, 0.2) is 0 Å². The van der Waals surface area contributed by atoms with Crippen molar-refractivity contribution in [2.45, 2.75) is 218 Å². The van der Waals surface area contributed by atoms with Crippen molar-refractivity contribution in [2.75, 3.05) is 34.4 Å². The molecule has 0 spiro atoms. The predicted molar refractivity (Wildman–Crippen MR) is 255 cm³/mol. The zero-order chi connectivity index (χ0) is 46.6. The van der Waals surface area contributed by atoms with Crippen LogP contribution in [-0.4, -0.2) is 116 Å². The molecule has 12 heteroatoms. The summed E-state index contributed by atoms with van der Waals surface area (Å²) in [5, 5.41) is 23.0. The van der Waals surface area contributed by atoms with E-state index < -0.39 is 30.3 Å². The Kier molecular flexibility index (Phi) is 17.7. The van der Waals surface area contributed by atoms with E-state index in [1.807, 2.05) is 19.1 Å². The fourth-order valence-corrected chi connectivity index (χ4v) is 15.0. The van der Waals surface area contributed by atoms with Crippen LogP contribution in [0.5, 0.6) is 0 Å². The van der Waals surface area contributed by atoms with E-state index in [0.717, 1.165) is 83.5 Å². The Balaban J connectivity index is 1.07. The number of nitrogens with one attached hydrogen (secondary N) is 3. The molecule has 4 N–H and O–H groups in total. The van der Waals surface area contributed by atoms with E-state index in [0.29, 0.717) is 48.1 Å². The summed E-state index contributed by atoms with van der Waals surface area (Å²) in [5.41, 5.74) is 0.286. The van der Waals surface area contributed by atoms with Crippen molar-refractivity contribution in [1.29, 1.82) is 0 Å². The van der Waals surface area contributed by atoms with Gasteiger partial charge in [-0.2, -0.15) is 5.06 Å². The Morgan fingerprint density at radius 2 is 1.57 bits per heavy atom. The molecule has 0 aromatic heterocycles. The molecule has 8 fully saturated rings. The summed E-state index contributed by atoms with van der Waals surface area (Å²) in [7, 11) is 6.16. The molecule has 65 heavy (non-hydrogen) atoms. The van der Waals surface area contributed by atoms with Crippen LogP contribution >= 0.6 is 0 Å². The van der Waals surface area contributed by atoms with Gasteiger partial charge in [-0.15, -0.1) is 0 Å². The second-order valence-corrected chi connectivity index (χ2v) is 24.0. The number of fused-ring (bicyclic) bond motifs is 2. The molecule has 372 valence electrons. The van der Waals surface area contributed by atoms with Gasteiger partial charge in [0, 0.05) is 49.7 Å². The summed E-state index contributed by atoms with van der Waals surface area (Å²) in [4.78, 5) is 51.8. The van der Waals surface area contributed by atoms with Crippen LogP contribution in [0.15, 0.2) is 0 Å². The first-order chi connectivity index (χ1) is 31.1. The summed E-state index contributed by atoms with van der Waals surface area (Å²) in [6.45, 7) is 13.6. The van der Waals surface area contributed by atoms with Crippen LogP contribution in [0, 0.1) is 64.6 Å². The Bertz CT molecular complexity index is 1550. The Morgan fingerprint density at radius 3 is 2.20 bits per heavy atom. The number of aliphatic hydroxyl groups is 1. The first-order valence-electron chi connectivity index (χ1n) is 26.9.